The van der Waals surface area contributed by atoms with Crippen LogP contribution in [-0.2, 0) is 21.6 Å². The lowest BCUT2D eigenvalue weighted by molar-refractivity contribution is -0.135. The van der Waals surface area contributed by atoms with Gasteiger partial charge in [0.05, 0.1) is 16.8 Å². The van der Waals surface area contributed by atoms with Crippen molar-refractivity contribution in [2.45, 2.75) is 93.0 Å². The zero-order valence-electron chi connectivity index (χ0n) is 18.5. The zero-order chi connectivity index (χ0) is 21.7. The van der Waals surface area contributed by atoms with Gasteiger partial charge in [-0.3, -0.25) is 9.59 Å². The molecule has 1 unspecified atom stereocenters. The summed E-state index contributed by atoms with van der Waals surface area (Å²) in [4.78, 5) is 24.3. The Morgan fingerprint density at radius 3 is 1.96 bits per heavy atom. The monoisotopic (exact) mass is 399 g/mol. The van der Waals surface area contributed by atoms with E-state index in [2.05, 4.69) is 13.8 Å². The third-order valence-corrected chi connectivity index (χ3v) is 5.54. The van der Waals surface area contributed by atoms with Gasteiger partial charge in [-0.2, -0.15) is 0 Å². The van der Waals surface area contributed by atoms with Crippen LogP contribution in [0.5, 0.6) is 0 Å². The second-order valence-electron chi connectivity index (χ2n) is 7.99. The summed E-state index contributed by atoms with van der Waals surface area (Å²) in [6.45, 7) is 19.2. The highest BCUT2D eigenvalue weighted by Gasteiger charge is 2.41. The summed E-state index contributed by atoms with van der Waals surface area (Å²) in [5.74, 6) is -0.464. The first-order chi connectivity index (χ1) is 12.2. The number of carbonyl (C=O) groups excluding carboxylic acids is 2. The van der Waals surface area contributed by atoms with Crippen LogP contribution in [0.4, 0.5) is 0 Å². The molecule has 1 aromatic rings. The van der Waals surface area contributed by atoms with Crippen LogP contribution in [0, 0.1) is 12.8 Å². The normalized spacial score (nSPS) is 17.6. The van der Waals surface area contributed by atoms with Crippen molar-refractivity contribution >= 4 is 23.0 Å². The molecule has 156 valence electrons. The van der Waals surface area contributed by atoms with Crippen LogP contribution in [-0.4, -0.2) is 28.5 Å². The Hall–Kier alpha value is -1.24. The molecule has 2 heterocycles. The standard InChI is InChI=1S/C13H19NO2S.C6H12O2.C2H6/c1-7-9(11(14)15)8-6-12(2,3)16-13(4,5)10(8)17-7;1-4(2)6(8)5(3)7;1-2/h6H2,1-5H3,(H2,14,15);4-5,7H,1-3H3;1-2H3. The third-order valence-electron chi connectivity index (χ3n) is 4.09. The summed E-state index contributed by atoms with van der Waals surface area (Å²) in [7, 11) is 0. The number of fused-ring (bicyclic) bond motifs is 1. The molecular weight excluding hydrogens is 362 g/mol. The number of aryl methyl sites for hydroxylation is 1. The SMILES string of the molecule is CC.CC(C)C(=O)C(C)O.Cc1sc2c(c1C(N)=O)CC(C)(C)OC2(C)C. The van der Waals surface area contributed by atoms with E-state index in [1.165, 1.54) is 6.92 Å². The van der Waals surface area contributed by atoms with Gasteiger partial charge >= 0.3 is 0 Å². The Labute approximate surface area is 168 Å². The van der Waals surface area contributed by atoms with Crippen LogP contribution in [0.3, 0.4) is 0 Å². The lowest BCUT2D eigenvalue weighted by Crippen LogP contribution is -2.42. The topological polar surface area (TPSA) is 89.6 Å². The van der Waals surface area contributed by atoms with Crippen LogP contribution >= 0.6 is 11.3 Å². The highest BCUT2D eigenvalue weighted by Crippen LogP contribution is 2.45. The molecule has 0 saturated carbocycles. The minimum Gasteiger partial charge on any atom is -0.386 e. The van der Waals surface area contributed by atoms with Gasteiger partial charge in [0.15, 0.2) is 5.78 Å². The summed E-state index contributed by atoms with van der Waals surface area (Å²) < 4.78 is 6.09. The Kier molecular flexibility index (Phi) is 9.35. The van der Waals surface area contributed by atoms with Crippen molar-refractivity contribution in [3.8, 4) is 0 Å². The van der Waals surface area contributed by atoms with E-state index in [4.69, 9.17) is 15.6 Å². The van der Waals surface area contributed by atoms with Crippen LogP contribution in [0.1, 0.15) is 88.0 Å². The lowest BCUT2D eigenvalue weighted by Gasteiger charge is -2.41. The molecule has 1 aliphatic rings. The van der Waals surface area contributed by atoms with Gasteiger partial charge in [-0.25, -0.2) is 0 Å². The third kappa shape index (κ3) is 6.70. The van der Waals surface area contributed by atoms with Gasteiger partial charge in [0.25, 0.3) is 0 Å². The zero-order valence-corrected chi connectivity index (χ0v) is 19.3. The van der Waals surface area contributed by atoms with Gasteiger partial charge in [-0.05, 0) is 47.1 Å². The van der Waals surface area contributed by atoms with Gasteiger partial charge in [0.1, 0.15) is 6.10 Å². The van der Waals surface area contributed by atoms with E-state index < -0.39 is 6.10 Å². The second-order valence-corrected chi connectivity index (χ2v) is 9.21. The minimum absolute atomic E-state index is 0.0463. The summed E-state index contributed by atoms with van der Waals surface area (Å²) >= 11 is 1.63. The summed E-state index contributed by atoms with van der Waals surface area (Å²) in [6, 6.07) is 0. The first kappa shape index (κ1) is 25.8. The first-order valence-electron chi connectivity index (χ1n) is 9.54. The first-order valence-corrected chi connectivity index (χ1v) is 10.4. The van der Waals surface area contributed by atoms with E-state index in [1.54, 1.807) is 25.2 Å². The number of carbonyl (C=O) groups is 2. The molecule has 6 heteroatoms. The number of aliphatic hydroxyl groups excluding tert-OH is 1. The van der Waals surface area contributed by atoms with E-state index in [0.717, 1.165) is 21.7 Å². The van der Waals surface area contributed by atoms with Crippen molar-refractivity contribution in [1.29, 1.82) is 0 Å². The molecule has 5 nitrogen and oxygen atoms in total. The number of amides is 1. The number of Topliss-reactive ketones (excluding diaryl/α,β-unsaturated/α-hetero) is 1. The van der Waals surface area contributed by atoms with E-state index in [9.17, 15) is 9.59 Å². The molecule has 0 saturated heterocycles. The molecule has 1 amide bonds. The number of hydrogen-bond donors (Lipinski definition) is 2. The number of hydrogen-bond acceptors (Lipinski definition) is 5. The Balaban J connectivity index is 0.000000574. The summed E-state index contributed by atoms with van der Waals surface area (Å²) in [6.07, 6.45) is -0.0519. The maximum absolute atomic E-state index is 11.6. The molecule has 0 fully saturated rings. The molecule has 0 radical (unpaired) electrons. The molecule has 0 spiro atoms. The predicted octanol–water partition coefficient (Wildman–Crippen LogP) is 4.36. The van der Waals surface area contributed by atoms with Gasteiger partial charge in [-0.15, -0.1) is 11.3 Å². The minimum atomic E-state index is -0.796. The van der Waals surface area contributed by atoms with Crippen molar-refractivity contribution in [2.24, 2.45) is 11.7 Å². The van der Waals surface area contributed by atoms with Gasteiger partial charge in [0.2, 0.25) is 5.91 Å². The largest absolute Gasteiger partial charge is 0.386 e. The molecule has 0 bridgehead atoms. The van der Waals surface area contributed by atoms with E-state index in [1.807, 2.05) is 34.6 Å². The van der Waals surface area contributed by atoms with Crippen LogP contribution < -0.4 is 5.73 Å². The van der Waals surface area contributed by atoms with Crippen LogP contribution in [0.2, 0.25) is 0 Å². The maximum Gasteiger partial charge on any atom is 0.250 e. The van der Waals surface area contributed by atoms with Gasteiger partial charge < -0.3 is 15.6 Å². The van der Waals surface area contributed by atoms with Crippen LogP contribution in [0.15, 0.2) is 0 Å². The average Bonchev–Trinajstić information content (AvgIpc) is 2.84. The molecule has 27 heavy (non-hydrogen) atoms. The van der Waals surface area contributed by atoms with E-state index in [0.29, 0.717) is 5.56 Å². The highest BCUT2D eigenvalue weighted by atomic mass is 32.1. The number of aliphatic hydroxyl groups is 1. The summed E-state index contributed by atoms with van der Waals surface area (Å²) in [5.41, 5.74) is 6.67. The predicted molar refractivity (Wildman–Crippen MR) is 112 cm³/mol. The molecule has 1 aromatic heterocycles. The number of thiophene rings is 1. The van der Waals surface area contributed by atoms with E-state index in [-0.39, 0.29) is 28.8 Å². The molecule has 1 atom stereocenters. The highest BCUT2D eigenvalue weighted by molar-refractivity contribution is 7.12. The number of ketones is 1. The van der Waals surface area contributed by atoms with Crippen molar-refractivity contribution in [1.82, 2.24) is 0 Å². The number of primary amides is 1. The average molecular weight is 400 g/mol. The van der Waals surface area contributed by atoms with Crippen molar-refractivity contribution in [3.63, 3.8) is 0 Å². The van der Waals surface area contributed by atoms with Gasteiger partial charge in [-0.1, -0.05) is 27.7 Å². The quantitative estimate of drug-likeness (QED) is 0.790. The lowest BCUT2D eigenvalue weighted by atomic mass is 9.86. The Morgan fingerprint density at radius 2 is 1.63 bits per heavy atom. The maximum atomic E-state index is 11.6. The van der Waals surface area contributed by atoms with Gasteiger partial charge in [0, 0.05) is 22.1 Å². The Morgan fingerprint density at radius 1 is 1.15 bits per heavy atom. The van der Waals surface area contributed by atoms with Crippen molar-refractivity contribution in [3.05, 3.63) is 20.9 Å². The van der Waals surface area contributed by atoms with Crippen LogP contribution in [0.25, 0.3) is 0 Å². The fraction of sp³-hybridized carbons (Fsp3) is 0.714. The summed E-state index contributed by atoms with van der Waals surface area (Å²) in [5, 5.41) is 8.64. The number of ether oxygens (including phenoxy) is 1. The van der Waals surface area contributed by atoms with E-state index >= 15 is 0 Å². The fourth-order valence-electron chi connectivity index (χ4n) is 3.25. The van der Waals surface area contributed by atoms with Crippen molar-refractivity contribution in [2.75, 3.05) is 0 Å². The molecular formula is C21H37NO4S. The Bertz CT molecular complexity index is 647. The molecule has 2 rings (SSSR count). The number of rotatable bonds is 3. The molecule has 0 aromatic carbocycles. The fourth-order valence-corrected chi connectivity index (χ4v) is 4.47. The second kappa shape index (κ2) is 9.80. The molecule has 3 N–H and O–H groups in total. The smallest absolute Gasteiger partial charge is 0.250 e. The van der Waals surface area contributed by atoms with Crippen molar-refractivity contribution < 1.29 is 19.4 Å². The molecule has 0 aliphatic carbocycles. The number of nitrogens with two attached hydrogens (primary N) is 1. The molecule has 1 aliphatic heterocycles.